The molecule has 0 aliphatic heterocycles. The van der Waals surface area contributed by atoms with Crippen molar-refractivity contribution in [1.29, 1.82) is 5.26 Å². The molecule has 0 unspecified atom stereocenters. The number of benzene rings is 3. The summed E-state index contributed by atoms with van der Waals surface area (Å²) >= 11 is 0. The van der Waals surface area contributed by atoms with Gasteiger partial charge in [0.2, 0.25) is 0 Å². The van der Waals surface area contributed by atoms with Crippen molar-refractivity contribution in [3.8, 4) is 17.6 Å². The Labute approximate surface area is 168 Å². The van der Waals surface area contributed by atoms with E-state index in [1.165, 1.54) is 0 Å². The number of nitrogens with one attached hydrogen (secondary N) is 1. The SMILES string of the molecule is N#CCc1ccc(NC(=O)COC(=O)c2ccccc2Oc2ccccc2)cc1. The van der Waals surface area contributed by atoms with Gasteiger partial charge in [-0.2, -0.15) is 5.26 Å². The van der Waals surface area contributed by atoms with Crippen molar-refractivity contribution in [2.45, 2.75) is 6.42 Å². The molecule has 0 radical (unpaired) electrons. The highest BCUT2D eigenvalue weighted by Gasteiger charge is 2.16. The Morgan fingerprint density at radius 2 is 1.59 bits per heavy atom. The molecule has 1 amide bonds. The van der Waals surface area contributed by atoms with E-state index in [9.17, 15) is 9.59 Å². The summed E-state index contributed by atoms with van der Waals surface area (Å²) in [6.07, 6.45) is 0.302. The maximum absolute atomic E-state index is 12.4. The van der Waals surface area contributed by atoms with Crippen LogP contribution < -0.4 is 10.1 Å². The Hall–Kier alpha value is -4.11. The van der Waals surface area contributed by atoms with Gasteiger partial charge in [-0.25, -0.2) is 4.79 Å². The summed E-state index contributed by atoms with van der Waals surface area (Å²) in [6, 6.07) is 24.7. The average Bonchev–Trinajstić information content (AvgIpc) is 2.75. The van der Waals surface area contributed by atoms with E-state index in [-0.39, 0.29) is 5.56 Å². The molecule has 0 saturated heterocycles. The number of nitriles is 1. The summed E-state index contributed by atoms with van der Waals surface area (Å²) in [6.45, 7) is -0.432. The minimum Gasteiger partial charge on any atom is -0.456 e. The van der Waals surface area contributed by atoms with E-state index in [0.29, 0.717) is 23.6 Å². The van der Waals surface area contributed by atoms with Gasteiger partial charge >= 0.3 is 5.97 Å². The third-order valence-electron chi connectivity index (χ3n) is 3.93. The van der Waals surface area contributed by atoms with Crippen LogP contribution in [0.25, 0.3) is 0 Å². The van der Waals surface area contributed by atoms with Gasteiger partial charge in [0.25, 0.3) is 5.91 Å². The van der Waals surface area contributed by atoms with Gasteiger partial charge in [-0.3, -0.25) is 4.79 Å². The highest BCUT2D eigenvalue weighted by Crippen LogP contribution is 2.25. The molecule has 144 valence electrons. The number of amides is 1. The largest absolute Gasteiger partial charge is 0.456 e. The molecular formula is C23H18N2O4. The maximum Gasteiger partial charge on any atom is 0.342 e. The number of para-hydroxylation sites is 2. The first-order valence-electron chi connectivity index (χ1n) is 8.90. The van der Waals surface area contributed by atoms with Gasteiger partial charge in [-0.15, -0.1) is 0 Å². The second-order valence-electron chi connectivity index (χ2n) is 6.07. The predicted octanol–water partition coefficient (Wildman–Crippen LogP) is 4.34. The molecular weight excluding hydrogens is 368 g/mol. The second-order valence-corrected chi connectivity index (χ2v) is 6.07. The molecule has 3 aromatic carbocycles. The smallest absolute Gasteiger partial charge is 0.342 e. The van der Waals surface area contributed by atoms with Crippen molar-refractivity contribution in [2.75, 3.05) is 11.9 Å². The zero-order chi connectivity index (χ0) is 20.5. The zero-order valence-corrected chi connectivity index (χ0v) is 15.5. The quantitative estimate of drug-likeness (QED) is 0.610. The van der Waals surface area contributed by atoms with Crippen LogP contribution >= 0.6 is 0 Å². The molecule has 0 atom stereocenters. The summed E-state index contributed by atoms with van der Waals surface area (Å²) in [5.74, 6) is -0.189. The fourth-order valence-electron chi connectivity index (χ4n) is 2.54. The van der Waals surface area contributed by atoms with E-state index < -0.39 is 18.5 Å². The minimum atomic E-state index is -0.656. The topological polar surface area (TPSA) is 88.4 Å². The number of esters is 1. The highest BCUT2D eigenvalue weighted by molar-refractivity contribution is 5.96. The van der Waals surface area contributed by atoms with E-state index in [1.807, 2.05) is 18.2 Å². The third-order valence-corrected chi connectivity index (χ3v) is 3.93. The molecule has 1 N–H and O–H groups in total. The van der Waals surface area contributed by atoms with Crippen molar-refractivity contribution >= 4 is 17.6 Å². The number of rotatable bonds is 7. The molecule has 0 saturated carbocycles. The summed E-state index contributed by atoms with van der Waals surface area (Å²) in [4.78, 5) is 24.5. The van der Waals surface area contributed by atoms with E-state index in [1.54, 1.807) is 60.7 Å². The molecule has 0 bridgehead atoms. The molecule has 0 aliphatic carbocycles. The predicted molar refractivity (Wildman–Crippen MR) is 108 cm³/mol. The third kappa shape index (κ3) is 5.68. The van der Waals surface area contributed by atoms with Crippen LogP contribution in [-0.2, 0) is 16.0 Å². The van der Waals surface area contributed by atoms with Crippen molar-refractivity contribution in [3.63, 3.8) is 0 Å². The second kappa shape index (κ2) is 9.72. The number of carbonyl (C=O) groups excluding carboxylic acids is 2. The molecule has 0 aliphatic rings. The van der Waals surface area contributed by atoms with Crippen LogP contribution in [0, 0.1) is 11.3 Å². The first kappa shape index (κ1) is 19.6. The minimum absolute atomic E-state index is 0.227. The fourth-order valence-corrected chi connectivity index (χ4v) is 2.54. The molecule has 3 rings (SSSR count). The van der Waals surface area contributed by atoms with Crippen molar-refractivity contribution in [3.05, 3.63) is 90.0 Å². The van der Waals surface area contributed by atoms with Crippen LogP contribution in [0.4, 0.5) is 5.69 Å². The number of carbonyl (C=O) groups is 2. The molecule has 6 nitrogen and oxygen atoms in total. The van der Waals surface area contributed by atoms with E-state index in [4.69, 9.17) is 14.7 Å². The number of anilines is 1. The molecule has 0 fully saturated rings. The van der Waals surface area contributed by atoms with Gasteiger partial charge < -0.3 is 14.8 Å². The van der Waals surface area contributed by atoms with Crippen molar-refractivity contribution in [1.82, 2.24) is 0 Å². The maximum atomic E-state index is 12.4. The highest BCUT2D eigenvalue weighted by atomic mass is 16.5. The average molecular weight is 386 g/mol. The van der Waals surface area contributed by atoms with Gasteiger partial charge in [-0.05, 0) is 42.0 Å². The number of nitrogens with zero attached hydrogens (tertiary/aromatic N) is 1. The first-order valence-corrected chi connectivity index (χ1v) is 8.90. The number of ether oxygens (including phenoxy) is 2. The summed E-state index contributed by atoms with van der Waals surface area (Å²) in [7, 11) is 0. The van der Waals surface area contributed by atoms with Crippen LogP contribution in [0.1, 0.15) is 15.9 Å². The van der Waals surface area contributed by atoms with Crippen LogP contribution in [0.5, 0.6) is 11.5 Å². The van der Waals surface area contributed by atoms with Crippen LogP contribution in [-0.4, -0.2) is 18.5 Å². The lowest BCUT2D eigenvalue weighted by molar-refractivity contribution is -0.119. The van der Waals surface area contributed by atoms with Crippen LogP contribution in [0.3, 0.4) is 0 Å². The zero-order valence-electron chi connectivity index (χ0n) is 15.5. The lowest BCUT2D eigenvalue weighted by atomic mass is 10.1. The van der Waals surface area contributed by atoms with Gasteiger partial charge in [0.1, 0.15) is 17.1 Å². The Bertz CT molecular complexity index is 1020. The number of hydrogen-bond acceptors (Lipinski definition) is 5. The van der Waals surface area contributed by atoms with E-state index in [2.05, 4.69) is 11.4 Å². The lowest BCUT2D eigenvalue weighted by Crippen LogP contribution is -2.21. The van der Waals surface area contributed by atoms with E-state index in [0.717, 1.165) is 5.56 Å². The van der Waals surface area contributed by atoms with Crippen LogP contribution in [0.2, 0.25) is 0 Å². The molecule has 6 heteroatoms. The lowest BCUT2D eigenvalue weighted by Gasteiger charge is -2.11. The summed E-state index contributed by atoms with van der Waals surface area (Å²) in [5.41, 5.74) is 1.64. The van der Waals surface area contributed by atoms with Gasteiger partial charge in [0.15, 0.2) is 6.61 Å². The standard InChI is InChI=1S/C23H18N2O4/c24-15-14-17-10-12-18(13-11-17)25-22(26)16-28-23(27)20-8-4-5-9-21(20)29-19-6-2-1-3-7-19/h1-13H,14,16H2,(H,25,26). The molecule has 0 aromatic heterocycles. The Balaban J connectivity index is 1.58. The Morgan fingerprint density at radius 3 is 2.31 bits per heavy atom. The number of hydrogen-bond donors (Lipinski definition) is 1. The monoisotopic (exact) mass is 386 g/mol. The summed E-state index contributed by atoms with van der Waals surface area (Å²) < 4.78 is 10.9. The first-order chi connectivity index (χ1) is 14.2. The van der Waals surface area contributed by atoms with Crippen molar-refractivity contribution < 1.29 is 19.1 Å². The summed E-state index contributed by atoms with van der Waals surface area (Å²) in [5, 5.41) is 11.3. The van der Waals surface area contributed by atoms with Crippen LogP contribution in [0.15, 0.2) is 78.9 Å². The van der Waals surface area contributed by atoms with E-state index >= 15 is 0 Å². The Morgan fingerprint density at radius 1 is 0.897 bits per heavy atom. The van der Waals surface area contributed by atoms with Gasteiger partial charge in [0.05, 0.1) is 12.5 Å². The fraction of sp³-hybridized carbons (Fsp3) is 0.0870. The molecule has 3 aromatic rings. The van der Waals surface area contributed by atoms with Gasteiger partial charge in [0, 0.05) is 5.69 Å². The molecule has 29 heavy (non-hydrogen) atoms. The molecule has 0 heterocycles. The van der Waals surface area contributed by atoms with Gasteiger partial charge in [-0.1, -0.05) is 42.5 Å². The normalized spacial score (nSPS) is 9.90. The Kier molecular flexibility index (Phi) is 6.58. The molecule has 0 spiro atoms. The van der Waals surface area contributed by atoms with Crippen molar-refractivity contribution in [2.24, 2.45) is 0 Å².